The molecule has 1 aromatic rings. The molecule has 30 heavy (non-hydrogen) atoms. The van der Waals surface area contributed by atoms with E-state index >= 15 is 0 Å². The van der Waals surface area contributed by atoms with Crippen LogP contribution in [0.2, 0.25) is 0 Å². The Morgan fingerprint density at radius 2 is 1.40 bits per heavy atom. The third kappa shape index (κ3) is 5.27. The summed E-state index contributed by atoms with van der Waals surface area (Å²) in [6, 6.07) is 0. The number of nitrogens with zero attached hydrogens (tertiary/aromatic N) is 7. The fourth-order valence-electron chi connectivity index (χ4n) is 3.84. The van der Waals surface area contributed by atoms with Gasteiger partial charge in [-0.1, -0.05) is 0 Å². The second-order valence-electron chi connectivity index (χ2n) is 7.65. The Hall–Kier alpha value is -2.24. The predicted molar refractivity (Wildman–Crippen MR) is 113 cm³/mol. The summed E-state index contributed by atoms with van der Waals surface area (Å²) in [6.45, 7) is 12.0. The summed E-state index contributed by atoms with van der Waals surface area (Å²) in [5.74, 6) is 2.14. The molecule has 0 bridgehead atoms. The van der Waals surface area contributed by atoms with Crippen LogP contribution in [-0.4, -0.2) is 123 Å². The molecule has 0 saturated carbocycles. The first-order valence-electron chi connectivity index (χ1n) is 10.9. The lowest BCUT2D eigenvalue weighted by molar-refractivity contribution is -0.133. The van der Waals surface area contributed by atoms with Crippen LogP contribution in [0, 0.1) is 0 Å². The van der Waals surface area contributed by atoms with Gasteiger partial charge < -0.3 is 29.5 Å². The van der Waals surface area contributed by atoms with Crippen molar-refractivity contribution in [2.45, 2.75) is 6.92 Å². The summed E-state index contributed by atoms with van der Waals surface area (Å²) in [5.41, 5.74) is 0. The molecule has 11 heteroatoms. The highest BCUT2D eigenvalue weighted by molar-refractivity contribution is 5.78. The highest BCUT2D eigenvalue weighted by Crippen LogP contribution is 2.19. The monoisotopic (exact) mass is 420 g/mol. The van der Waals surface area contributed by atoms with E-state index in [1.165, 1.54) is 0 Å². The molecule has 11 nitrogen and oxygen atoms in total. The molecule has 0 aromatic carbocycles. The van der Waals surface area contributed by atoms with Gasteiger partial charge in [0.2, 0.25) is 23.8 Å². The molecule has 3 aliphatic rings. The Balaban J connectivity index is 1.38. The lowest BCUT2D eigenvalue weighted by Crippen LogP contribution is -2.52. The zero-order valence-corrected chi connectivity index (χ0v) is 17.8. The molecule has 0 atom stereocenters. The fraction of sp³-hybridized carbons (Fsp3) is 0.789. The van der Waals surface area contributed by atoms with Crippen molar-refractivity contribution >= 4 is 23.8 Å². The molecule has 1 N–H and O–H groups in total. The first-order chi connectivity index (χ1) is 14.7. The number of amides is 1. The van der Waals surface area contributed by atoms with Crippen LogP contribution >= 0.6 is 0 Å². The highest BCUT2D eigenvalue weighted by atomic mass is 16.5. The van der Waals surface area contributed by atoms with Gasteiger partial charge in [-0.3, -0.25) is 9.69 Å². The molecule has 3 aliphatic heterocycles. The van der Waals surface area contributed by atoms with Crippen LogP contribution in [-0.2, 0) is 14.3 Å². The Morgan fingerprint density at radius 3 is 2.00 bits per heavy atom. The highest BCUT2D eigenvalue weighted by Gasteiger charge is 2.26. The smallest absolute Gasteiger partial charge is 0.236 e. The number of nitrogens with one attached hydrogen (secondary N) is 1. The largest absolute Gasteiger partial charge is 0.379 e. The van der Waals surface area contributed by atoms with Crippen molar-refractivity contribution in [3.05, 3.63) is 0 Å². The predicted octanol–water partition coefficient (Wildman–Crippen LogP) is -0.879. The van der Waals surface area contributed by atoms with E-state index in [0.717, 1.165) is 32.7 Å². The number of hydrogen-bond donors (Lipinski definition) is 1. The van der Waals surface area contributed by atoms with E-state index in [1.807, 2.05) is 11.8 Å². The number of anilines is 3. The molecule has 0 aliphatic carbocycles. The molecule has 4 rings (SSSR count). The van der Waals surface area contributed by atoms with E-state index in [2.05, 4.69) is 30.0 Å². The minimum Gasteiger partial charge on any atom is -0.379 e. The van der Waals surface area contributed by atoms with Gasteiger partial charge in [0.05, 0.1) is 33.0 Å². The third-order valence-electron chi connectivity index (χ3n) is 5.62. The second kappa shape index (κ2) is 10.2. The average Bonchev–Trinajstić information content (AvgIpc) is 2.80. The van der Waals surface area contributed by atoms with Crippen LogP contribution in [0.4, 0.5) is 17.8 Å². The van der Waals surface area contributed by atoms with Crippen molar-refractivity contribution < 1.29 is 14.3 Å². The molecule has 0 radical (unpaired) electrons. The van der Waals surface area contributed by atoms with Crippen molar-refractivity contribution in [1.29, 1.82) is 0 Å². The van der Waals surface area contributed by atoms with Gasteiger partial charge in [0, 0.05) is 58.9 Å². The molecule has 0 unspecified atom stereocenters. The van der Waals surface area contributed by atoms with E-state index in [-0.39, 0.29) is 5.91 Å². The van der Waals surface area contributed by atoms with Crippen LogP contribution in [0.3, 0.4) is 0 Å². The van der Waals surface area contributed by atoms with E-state index in [4.69, 9.17) is 14.5 Å². The molecule has 166 valence electrons. The van der Waals surface area contributed by atoms with Gasteiger partial charge in [0.1, 0.15) is 0 Å². The molecular formula is C19H32N8O3. The van der Waals surface area contributed by atoms with Crippen LogP contribution in [0.25, 0.3) is 0 Å². The van der Waals surface area contributed by atoms with Crippen LogP contribution in [0.1, 0.15) is 6.92 Å². The van der Waals surface area contributed by atoms with Gasteiger partial charge in [-0.25, -0.2) is 0 Å². The summed E-state index contributed by atoms with van der Waals surface area (Å²) in [5, 5.41) is 3.21. The Labute approximate surface area is 177 Å². The molecular weight excluding hydrogens is 388 g/mol. The first kappa shape index (κ1) is 21.0. The van der Waals surface area contributed by atoms with Crippen molar-refractivity contribution in [2.75, 3.05) is 107 Å². The number of carbonyl (C=O) groups excluding carboxylic acids is 1. The maximum atomic E-state index is 12.7. The standard InChI is InChI=1S/C19H32N8O3/c1-2-20-17-21-18(23-19(22-17)27-9-13-30-14-10-27)26-5-3-25(4-6-26)16(28)15-24-7-11-29-12-8-24/h2-15H2,1H3,(H,20,21,22,23). The molecule has 1 aromatic heterocycles. The van der Waals surface area contributed by atoms with Gasteiger partial charge in [-0.15, -0.1) is 0 Å². The maximum Gasteiger partial charge on any atom is 0.236 e. The number of hydrogen-bond acceptors (Lipinski definition) is 10. The van der Waals surface area contributed by atoms with Gasteiger partial charge in [0.15, 0.2) is 0 Å². The number of morpholine rings is 2. The number of carbonyl (C=O) groups is 1. The zero-order valence-electron chi connectivity index (χ0n) is 17.8. The molecule has 0 spiro atoms. The topological polar surface area (TPSA) is 99.2 Å². The van der Waals surface area contributed by atoms with Crippen molar-refractivity contribution in [2.24, 2.45) is 0 Å². The Bertz CT molecular complexity index is 701. The summed E-state index contributed by atoms with van der Waals surface area (Å²) in [4.78, 5) is 35.0. The van der Waals surface area contributed by atoms with Crippen LogP contribution in [0.15, 0.2) is 0 Å². The van der Waals surface area contributed by atoms with Crippen molar-refractivity contribution in [3.63, 3.8) is 0 Å². The summed E-state index contributed by atoms with van der Waals surface area (Å²) < 4.78 is 10.8. The van der Waals surface area contributed by atoms with E-state index in [1.54, 1.807) is 0 Å². The van der Waals surface area contributed by atoms with Crippen LogP contribution in [0.5, 0.6) is 0 Å². The Morgan fingerprint density at radius 1 is 0.833 bits per heavy atom. The maximum absolute atomic E-state index is 12.7. The van der Waals surface area contributed by atoms with Gasteiger partial charge in [0.25, 0.3) is 0 Å². The van der Waals surface area contributed by atoms with Crippen LogP contribution < -0.4 is 15.1 Å². The molecule has 3 fully saturated rings. The molecule has 4 heterocycles. The normalized spacial score (nSPS) is 21.0. The average molecular weight is 421 g/mol. The number of rotatable bonds is 6. The van der Waals surface area contributed by atoms with Crippen molar-refractivity contribution in [3.8, 4) is 0 Å². The third-order valence-corrected chi connectivity index (χ3v) is 5.62. The Kier molecular flexibility index (Phi) is 7.13. The number of piperazine rings is 1. The fourth-order valence-corrected chi connectivity index (χ4v) is 3.84. The molecule has 3 saturated heterocycles. The lowest BCUT2D eigenvalue weighted by atomic mass is 10.3. The lowest BCUT2D eigenvalue weighted by Gasteiger charge is -2.36. The van der Waals surface area contributed by atoms with E-state index in [0.29, 0.717) is 77.0 Å². The summed E-state index contributed by atoms with van der Waals surface area (Å²) in [6.07, 6.45) is 0. The summed E-state index contributed by atoms with van der Waals surface area (Å²) >= 11 is 0. The second-order valence-corrected chi connectivity index (χ2v) is 7.65. The first-order valence-corrected chi connectivity index (χ1v) is 10.9. The quantitative estimate of drug-likeness (QED) is 0.625. The SMILES string of the molecule is CCNc1nc(N2CCOCC2)nc(N2CCN(C(=O)CN3CCOCC3)CC2)n1. The van der Waals surface area contributed by atoms with Gasteiger partial charge >= 0.3 is 0 Å². The molecule has 1 amide bonds. The number of ether oxygens (including phenoxy) is 2. The van der Waals surface area contributed by atoms with Gasteiger partial charge in [-0.2, -0.15) is 15.0 Å². The zero-order chi connectivity index (χ0) is 20.8. The minimum absolute atomic E-state index is 0.189. The van der Waals surface area contributed by atoms with Gasteiger partial charge in [-0.05, 0) is 6.92 Å². The summed E-state index contributed by atoms with van der Waals surface area (Å²) in [7, 11) is 0. The van der Waals surface area contributed by atoms with Crippen molar-refractivity contribution in [1.82, 2.24) is 24.8 Å². The minimum atomic E-state index is 0.189. The van der Waals surface area contributed by atoms with E-state index in [9.17, 15) is 4.79 Å². The van der Waals surface area contributed by atoms with E-state index < -0.39 is 0 Å². The number of aromatic nitrogens is 3.